The van der Waals surface area contributed by atoms with Gasteiger partial charge in [0.1, 0.15) is 0 Å². The second kappa shape index (κ2) is 6.90. The third-order valence-corrected chi connectivity index (χ3v) is 4.98. The normalized spacial score (nSPS) is 12.0. The van der Waals surface area contributed by atoms with E-state index in [9.17, 15) is 4.79 Å². The predicted octanol–water partition coefficient (Wildman–Crippen LogP) is 3.95. The highest BCUT2D eigenvalue weighted by molar-refractivity contribution is 7.99. The van der Waals surface area contributed by atoms with Gasteiger partial charge in [0.25, 0.3) is 5.56 Å². The van der Waals surface area contributed by atoms with Crippen molar-refractivity contribution in [1.82, 2.24) is 9.55 Å². The van der Waals surface area contributed by atoms with Crippen LogP contribution in [0.25, 0.3) is 16.6 Å². The maximum absolute atomic E-state index is 13.1. The van der Waals surface area contributed by atoms with Crippen LogP contribution in [0.2, 0.25) is 0 Å². The van der Waals surface area contributed by atoms with Gasteiger partial charge >= 0.3 is 0 Å². The van der Waals surface area contributed by atoms with E-state index < -0.39 is 0 Å². The van der Waals surface area contributed by atoms with Crippen LogP contribution in [0.5, 0.6) is 0 Å². The third-order valence-electron chi connectivity index (χ3n) is 3.78. The summed E-state index contributed by atoms with van der Waals surface area (Å²) in [6.45, 7) is 3.84. The summed E-state index contributed by atoms with van der Waals surface area (Å²) in [7, 11) is 0. The molecular weight excluding hydrogens is 318 g/mol. The molecule has 24 heavy (non-hydrogen) atoms. The first kappa shape index (κ1) is 16.3. The van der Waals surface area contributed by atoms with Crippen molar-refractivity contribution in [1.29, 1.82) is 5.26 Å². The van der Waals surface area contributed by atoms with E-state index in [1.165, 1.54) is 11.8 Å². The van der Waals surface area contributed by atoms with E-state index in [2.05, 4.69) is 11.1 Å². The van der Waals surface area contributed by atoms with Gasteiger partial charge in [0.15, 0.2) is 5.16 Å². The van der Waals surface area contributed by atoms with Gasteiger partial charge in [0, 0.05) is 5.75 Å². The van der Waals surface area contributed by atoms with E-state index in [1.54, 1.807) is 10.6 Å². The minimum atomic E-state index is -0.108. The van der Waals surface area contributed by atoms with E-state index in [0.717, 1.165) is 11.3 Å². The molecule has 0 amide bonds. The first-order valence-corrected chi connectivity index (χ1v) is 8.70. The van der Waals surface area contributed by atoms with Crippen molar-refractivity contribution in [2.75, 3.05) is 5.75 Å². The molecule has 0 bridgehead atoms. The average Bonchev–Trinajstić information content (AvgIpc) is 2.61. The summed E-state index contributed by atoms with van der Waals surface area (Å²) < 4.78 is 1.66. The lowest BCUT2D eigenvalue weighted by atomic mass is 10.2. The van der Waals surface area contributed by atoms with Crippen LogP contribution in [0, 0.1) is 24.2 Å². The maximum Gasteiger partial charge on any atom is 0.266 e. The van der Waals surface area contributed by atoms with Crippen molar-refractivity contribution in [2.24, 2.45) is 5.92 Å². The molecule has 0 aliphatic rings. The van der Waals surface area contributed by atoms with Gasteiger partial charge in [-0.3, -0.25) is 9.36 Å². The number of benzene rings is 2. The quantitative estimate of drug-likeness (QED) is 0.535. The number of hydrogen-bond donors (Lipinski definition) is 0. The molecule has 0 radical (unpaired) electrons. The summed E-state index contributed by atoms with van der Waals surface area (Å²) in [6, 6.07) is 17.3. The molecule has 3 rings (SSSR count). The minimum Gasteiger partial charge on any atom is -0.268 e. The molecule has 0 spiro atoms. The predicted molar refractivity (Wildman–Crippen MR) is 97.6 cm³/mol. The Morgan fingerprint density at radius 2 is 1.92 bits per heavy atom. The average molecular weight is 335 g/mol. The largest absolute Gasteiger partial charge is 0.268 e. The second-order valence-electron chi connectivity index (χ2n) is 5.68. The molecule has 0 unspecified atom stereocenters. The Kier molecular flexibility index (Phi) is 4.68. The fraction of sp³-hybridized carbons (Fsp3) is 0.211. The molecule has 1 aromatic heterocycles. The molecule has 0 N–H and O–H groups in total. The molecule has 2 aromatic carbocycles. The zero-order chi connectivity index (χ0) is 17.1. The highest BCUT2D eigenvalue weighted by Gasteiger charge is 2.15. The smallest absolute Gasteiger partial charge is 0.266 e. The number of hydrogen-bond acceptors (Lipinski definition) is 4. The van der Waals surface area contributed by atoms with Crippen LogP contribution in [-0.4, -0.2) is 15.3 Å². The summed E-state index contributed by atoms with van der Waals surface area (Å²) in [5.74, 6) is 0.483. The van der Waals surface area contributed by atoms with Crippen LogP contribution in [0.3, 0.4) is 0 Å². The Morgan fingerprint density at radius 3 is 2.67 bits per heavy atom. The van der Waals surface area contributed by atoms with Crippen LogP contribution in [0.4, 0.5) is 0 Å². The SMILES string of the molecule is Cc1ccccc1-n1c(SC[C@H](C)C#N)nc2ccccc2c1=O. The topological polar surface area (TPSA) is 58.7 Å². The summed E-state index contributed by atoms with van der Waals surface area (Å²) in [4.78, 5) is 17.7. The number of fused-ring (bicyclic) bond motifs is 1. The van der Waals surface area contributed by atoms with Crippen LogP contribution in [0.15, 0.2) is 58.5 Å². The standard InChI is InChI=1S/C19H17N3OS/c1-13(11-20)12-24-19-21-16-9-5-4-8-15(16)18(23)22(19)17-10-6-3-7-14(17)2/h3-10,13H,12H2,1-2H3/t13-/m1/s1. The Bertz CT molecular complexity index is 988. The van der Waals surface area contributed by atoms with Crippen LogP contribution < -0.4 is 5.56 Å². The van der Waals surface area contributed by atoms with E-state index in [4.69, 9.17) is 5.26 Å². The van der Waals surface area contributed by atoms with Crippen molar-refractivity contribution >= 4 is 22.7 Å². The third kappa shape index (κ3) is 3.06. The minimum absolute atomic E-state index is 0.0815. The highest BCUT2D eigenvalue weighted by Crippen LogP contribution is 2.24. The van der Waals surface area contributed by atoms with Gasteiger partial charge in [0.05, 0.1) is 28.6 Å². The monoisotopic (exact) mass is 335 g/mol. The number of nitrogens with zero attached hydrogens (tertiary/aromatic N) is 3. The zero-order valence-electron chi connectivity index (χ0n) is 13.6. The van der Waals surface area contributed by atoms with E-state index >= 15 is 0 Å². The Hall–Kier alpha value is -2.58. The molecule has 0 aliphatic heterocycles. The molecule has 0 aliphatic carbocycles. The first-order valence-electron chi connectivity index (χ1n) is 7.72. The van der Waals surface area contributed by atoms with Crippen molar-refractivity contribution in [3.8, 4) is 11.8 Å². The lowest BCUT2D eigenvalue weighted by Crippen LogP contribution is -2.22. The van der Waals surface area contributed by atoms with Crippen LogP contribution in [-0.2, 0) is 0 Å². The fourth-order valence-electron chi connectivity index (χ4n) is 2.47. The molecule has 4 nitrogen and oxygen atoms in total. The van der Waals surface area contributed by atoms with E-state index in [0.29, 0.717) is 21.8 Å². The van der Waals surface area contributed by atoms with Gasteiger partial charge < -0.3 is 0 Å². The molecule has 0 saturated carbocycles. The van der Waals surface area contributed by atoms with E-state index in [1.807, 2.05) is 56.3 Å². The Morgan fingerprint density at radius 1 is 1.21 bits per heavy atom. The maximum atomic E-state index is 13.1. The van der Waals surface area contributed by atoms with Crippen molar-refractivity contribution in [3.05, 3.63) is 64.4 Å². The summed E-state index contributed by atoms with van der Waals surface area (Å²) >= 11 is 1.44. The zero-order valence-corrected chi connectivity index (χ0v) is 14.4. The lowest BCUT2D eigenvalue weighted by Gasteiger charge is -2.15. The molecule has 0 saturated heterocycles. The van der Waals surface area contributed by atoms with Crippen molar-refractivity contribution in [3.63, 3.8) is 0 Å². The molecule has 0 fully saturated rings. The number of thioether (sulfide) groups is 1. The first-order chi connectivity index (χ1) is 11.6. The van der Waals surface area contributed by atoms with Gasteiger partial charge in [-0.05, 0) is 37.6 Å². The molecular formula is C19H17N3OS. The van der Waals surface area contributed by atoms with Crippen molar-refractivity contribution < 1.29 is 0 Å². The number of aromatic nitrogens is 2. The van der Waals surface area contributed by atoms with Gasteiger partial charge in [-0.15, -0.1) is 0 Å². The molecule has 120 valence electrons. The fourth-order valence-corrected chi connectivity index (χ4v) is 3.42. The number of aryl methyl sites for hydroxylation is 1. The van der Waals surface area contributed by atoms with Gasteiger partial charge in [-0.1, -0.05) is 42.1 Å². The number of rotatable bonds is 4. The Balaban J connectivity index is 2.24. The summed E-state index contributed by atoms with van der Waals surface area (Å²) in [5.41, 5.74) is 2.43. The summed E-state index contributed by atoms with van der Waals surface area (Å²) in [5, 5.41) is 10.2. The highest BCUT2D eigenvalue weighted by atomic mass is 32.2. The molecule has 1 atom stereocenters. The number of nitriles is 1. The molecule has 3 aromatic rings. The van der Waals surface area contributed by atoms with Crippen LogP contribution in [0.1, 0.15) is 12.5 Å². The van der Waals surface area contributed by atoms with Crippen LogP contribution >= 0.6 is 11.8 Å². The van der Waals surface area contributed by atoms with E-state index in [-0.39, 0.29) is 11.5 Å². The van der Waals surface area contributed by atoms with Gasteiger partial charge in [0.2, 0.25) is 0 Å². The Labute approximate surface area is 144 Å². The van der Waals surface area contributed by atoms with Crippen molar-refractivity contribution in [2.45, 2.75) is 19.0 Å². The second-order valence-corrected chi connectivity index (χ2v) is 6.67. The summed E-state index contributed by atoms with van der Waals surface area (Å²) in [6.07, 6.45) is 0. The van der Waals surface area contributed by atoms with Gasteiger partial charge in [-0.25, -0.2) is 4.98 Å². The molecule has 1 heterocycles. The number of para-hydroxylation sites is 2. The van der Waals surface area contributed by atoms with Gasteiger partial charge in [-0.2, -0.15) is 5.26 Å². The lowest BCUT2D eigenvalue weighted by molar-refractivity contribution is 0.803. The molecule has 5 heteroatoms.